The van der Waals surface area contributed by atoms with Crippen LogP contribution in [0, 0.1) is 11.3 Å². The maximum atomic E-state index is 12.4. The van der Waals surface area contributed by atoms with Crippen LogP contribution in [0.2, 0.25) is 0 Å². The Morgan fingerprint density at radius 2 is 1.81 bits per heavy atom. The van der Waals surface area contributed by atoms with E-state index in [4.69, 9.17) is 9.47 Å². The van der Waals surface area contributed by atoms with Crippen LogP contribution >= 0.6 is 0 Å². The molecule has 1 aliphatic heterocycles. The van der Waals surface area contributed by atoms with Crippen molar-refractivity contribution < 1.29 is 37.3 Å². The minimum atomic E-state index is -4.49. The van der Waals surface area contributed by atoms with Crippen LogP contribution in [0.4, 0.5) is 13.2 Å². The van der Waals surface area contributed by atoms with Crippen LogP contribution in [0.3, 0.4) is 0 Å². The maximum Gasteiger partial charge on any atom is 0.422 e. The lowest BCUT2D eigenvalue weighted by Gasteiger charge is -2.28. The third kappa shape index (κ3) is 5.05. The molecule has 1 aliphatic rings. The molecule has 1 atom stereocenters. The Kier molecular flexibility index (Phi) is 6.22. The second kappa shape index (κ2) is 8.06. The molecule has 1 N–H and O–H groups in total. The number of benzene rings is 1. The number of para-hydroxylation sites is 2. The van der Waals surface area contributed by atoms with Gasteiger partial charge in [0, 0.05) is 13.1 Å². The third-order valence-corrected chi connectivity index (χ3v) is 4.78. The topological polar surface area (TPSA) is 76.1 Å². The van der Waals surface area contributed by atoms with Crippen LogP contribution in [0.5, 0.6) is 11.5 Å². The van der Waals surface area contributed by atoms with Gasteiger partial charge in [-0.25, -0.2) is 0 Å². The molecule has 0 radical (unpaired) electrons. The van der Waals surface area contributed by atoms with E-state index in [-0.39, 0.29) is 24.0 Å². The summed E-state index contributed by atoms with van der Waals surface area (Å²) in [6.07, 6.45) is -4.15. The van der Waals surface area contributed by atoms with E-state index in [1.165, 1.54) is 23.1 Å². The summed E-state index contributed by atoms with van der Waals surface area (Å²) in [5.74, 6) is -1.62. The van der Waals surface area contributed by atoms with E-state index in [1.54, 1.807) is 19.9 Å². The number of amides is 1. The number of hydrogen-bond acceptors (Lipinski definition) is 4. The first-order chi connectivity index (χ1) is 12.5. The molecule has 2 rings (SSSR count). The third-order valence-electron chi connectivity index (χ3n) is 4.78. The van der Waals surface area contributed by atoms with Gasteiger partial charge in [0.2, 0.25) is 0 Å². The van der Waals surface area contributed by atoms with Crippen LogP contribution in [-0.2, 0) is 9.59 Å². The van der Waals surface area contributed by atoms with Crippen molar-refractivity contribution in [1.82, 2.24) is 4.90 Å². The lowest BCUT2D eigenvalue weighted by atomic mass is 9.76. The molecule has 0 saturated carbocycles. The smallest absolute Gasteiger partial charge is 0.422 e. The van der Waals surface area contributed by atoms with Gasteiger partial charge >= 0.3 is 12.1 Å². The molecular formula is C18H22F3NO5. The number of aliphatic carboxylic acids is 1. The molecule has 1 fully saturated rings. The fourth-order valence-corrected chi connectivity index (χ4v) is 3.02. The van der Waals surface area contributed by atoms with Crippen LogP contribution in [0.1, 0.15) is 20.3 Å². The van der Waals surface area contributed by atoms with E-state index in [0.29, 0.717) is 13.0 Å². The van der Waals surface area contributed by atoms with E-state index < -0.39 is 36.7 Å². The second-order valence-electron chi connectivity index (χ2n) is 6.82. The molecule has 1 aromatic rings. The number of carbonyl (C=O) groups excluding carboxylic acids is 1. The SMILES string of the molecule is CC(C)C1(C(=O)O)CCN(C(=O)COc2ccccc2OCC(F)(F)F)C1. The van der Waals surface area contributed by atoms with E-state index in [0.717, 1.165) is 0 Å². The van der Waals surface area contributed by atoms with Gasteiger partial charge in [0.25, 0.3) is 5.91 Å². The molecule has 1 aromatic carbocycles. The monoisotopic (exact) mass is 389 g/mol. The summed E-state index contributed by atoms with van der Waals surface area (Å²) in [6, 6.07) is 5.75. The highest BCUT2D eigenvalue weighted by Crippen LogP contribution is 2.38. The summed E-state index contributed by atoms with van der Waals surface area (Å²) in [5.41, 5.74) is -0.997. The molecule has 0 aromatic heterocycles. The molecular weight excluding hydrogens is 367 g/mol. The lowest BCUT2D eigenvalue weighted by molar-refractivity contribution is -0.154. The van der Waals surface area contributed by atoms with E-state index in [1.807, 2.05) is 0 Å². The summed E-state index contributed by atoms with van der Waals surface area (Å²) in [6.45, 7) is 2.08. The van der Waals surface area contributed by atoms with Gasteiger partial charge < -0.3 is 19.5 Å². The van der Waals surface area contributed by atoms with Gasteiger partial charge in [-0.1, -0.05) is 26.0 Å². The fourth-order valence-electron chi connectivity index (χ4n) is 3.02. The first kappa shape index (κ1) is 20.9. The zero-order valence-electron chi connectivity index (χ0n) is 15.1. The Hall–Kier alpha value is -2.45. The average Bonchev–Trinajstić information content (AvgIpc) is 3.05. The van der Waals surface area contributed by atoms with Crippen LogP contribution in [-0.4, -0.2) is 54.4 Å². The Bertz CT molecular complexity index is 692. The number of carboxylic acids is 1. The Morgan fingerprint density at radius 1 is 1.22 bits per heavy atom. The van der Waals surface area contributed by atoms with Crippen molar-refractivity contribution in [3.8, 4) is 11.5 Å². The van der Waals surface area contributed by atoms with Gasteiger partial charge in [-0.3, -0.25) is 9.59 Å². The van der Waals surface area contributed by atoms with Crippen LogP contribution in [0.25, 0.3) is 0 Å². The van der Waals surface area contributed by atoms with Gasteiger partial charge in [-0.05, 0) is 24.5 Å². The minimum absolute atomic E-state index is 0.0163. The van der Waals surface area contributed by atoms with Crippen molar-refractivity contribution in [3.05, 3.63) is 24.3 Å². The molecule has 6 nitrogen and oxygen atoms in total. The first-order valence-corrected chi connectivity index (χ1v) is 8.48. The highest BCUT2D eigenvalue weighted by atomic mass is 19.4. The largest absolute Gasteiger partial charge is 0.481 e. The summed E-state index contributed by atoms with van der Waals surface area (Å²) in [5, 5.41) is 9.53. The quantitative estimate of drug-likeness (QED) is 0.776. The van der Waals surface area contributed by atoms with Crippen LogP contribution < -0.4 is 9.47 Å². The number of rotatable bonds is 7. The zero-order chi connectivity index (χ0) is 20.2. The predicted molar refractivity (Wildman–Crippen MR) is 89.6 cm³/mol. The molecule has 150 valence electrons. The van der Waals surface area contributed by atoms with Gasteiger partial charge in [-0.2, -0.15) is 13.2 Å². The normalized spacial score (nSPS) is 20.0. The summed E-state index contributed by atoms with van der Waals surface area (Å²) in [4.78, 5) is 25.4. The van der Waals surface area contributed by atoms with Crippen molar-refractivity contribution in [3.63, 3.8) is 0 Å². The first-order valence-electron chi connectivity index (χ1n) is 8.48. The lowest BCUT2D eigenvalue weighted by Crippen LogP contribution is -2.41. The molecule has 0 aliphatic carbocycles. The maximum absolute atomic E-state index is 12.4. The minimum Gasteiger partial charge on any atom is -0.481 e. The molecule has 1 unspecified atom stereocenters. The van der Waals surface area contributed by atoms with E-state index in [2.05, 4.69) is 0 Å². The van der Waals surface area contributed by atoms with Gasteiger partial charge in [0.05, 0.1) is 5.41 Å². The second-order valence-corrected chi connectivity index (χ2v) is 6.82. The number of nitrogens with zero attached hydrogens (tertiary/aromatic N) is 1. The van der Waals surface area contributed by atoms with Crippen molar-refractivity contribution in [2.75, 3.05) is 26.3 Å². The van der Waals surface area contributed by atoms with Crippen molar-refractivity contribution in [1.29, 1.82) is 0 Å². The predicted octanol–water partition coefficient (Wildman–Crippen LogP) is 2.97. The molecule has 9 heteroatoms. The summed E-state index contributed by atoms with van der Waals surface area (Å²) >= 11 is 0. The van der Waals surface area contributed by atoms with E-state index in [9.17, 15) is 27.9 Å². The number of alkyl halides is 3. The number of hydrogen-bond donors (Lipinski definition) is 1. The van der Waals surface area contributed by atoms with Crippen molar-refractivity contribution >= 4 is 11.9 Å². The Morgan fingerprint density at radius 3 is 2.30 bits per heavy atom. The summed E-state index contributed by atoms with van der Waals surface area (Å²) in [7, 11) is 0. The average molecular weight is 389 g/mol. The van der Waals surface area contributed by atoms with Crippen molar-refractivity contribution in [2.24, 2.45) is 11.3 Å². The number of carbonyl (C=O) groups is 2. The molecule has 0 spiro atoms. The van der Waals surface area contributed by atoms with Crippen LogP contribution in [0.15, 0.2) is 24.3 Å². The fraction of sp³-hybridized carbons (Fsp3) is 0.556. The number of likely N-dealkylation sites (tertiary alicyclic amines) is 1. The van der Waals surface area contributed by atoms with Gasteiger partial charge in [0.15, 0.2) is 24.7 Å². The van der Waals surface area contributed by atoms with Crippen molar-refractivity contribution in [2.45, 2.75) is 26.4 Å². The molecule has 1 saturated heterocycles. The van der Waals surface area contributed by atoms with Gasteiger partial charge in [0.1, 0.15) is 0 Å². The highest BCUT2D eigenvalue weighted by molar-refractivity contribution is 5.81. The highest BCUT2D eigenvalue weighted by Gasteiger charge is 2.48. The molecule has 27 heavy (non-hydrogen) atoms. The Balaban J connectivity index is 1.98. The molecule has 1 heterocycles. The number of halogens is 3. The number of carboxylic acid groups (broad SMARTS) is 1. The van der Waals surface area contributed by atoms with E-state index >= 15 is 0 Å². The standard InChI is InChI=1S/C18H22F3NO5/c1-12(2)17(16(24)25)7-8-22(10-17)15(23)9-26-13-5-3-4-6-14(13)27-11-18(19,20)21/h3-6,12H,7-11H2,1-2H3,(H,24,25). The Labute approximate surface area is 154 Å². The van der Waals surface area contributed by atoms with Gasteiger partial charge in [-0.15, -0.1) is 0 Å². The summed E-state index contributed by atoms with van der Waals surface area (Å²) < 4.78 is 47.0. The zero-order valence-corrected chi connectivity index (χ0v) is 15.1. The molecule has 1 amide bonds. The molecule has 0 bridgehead atoms. The number of ether oxygens (including phenoxy) is 2.